The molecule has 2 nitrogen and oxygen atoms in total. The standard InChI is InChI=1S/C63H42N2/c1-3-18-46(19-4-1)63(47-20-5-2-6-21-47)58-28-14-11-24-53(58)54-40-39-50(42-59(54)63)64(62-41-45-17-7-8-22-51(45)52-23-9-10-25-55(52)62)48-35-31-43(32-36-48)44-33-37-49(38-34-44)65-60-29-15-12-26-56(60)57-27-13-16-30-61(57)65/h1-42H. The van der Waals surface area contributed by atoms with Crippen LogP contribution in [0.5, 0.6) is 0 Å². The van der Waals surface area contributed by atoms with Crippen molar-refractivity contribution in [2.24, 2.45) is 0 Å². The minimum Gasteiger partial charge on any atom is -0.310 e. The largest absolute Gasteiger partial charge is 0.310 e. The summed E-state index contributed by atoms with van der Waals surface area (Å²) >= 11 is 0. The highest BCUT2D eigenvalue weighted by atomic mass is 15.1. The monoisotopic (exact) mass is 826 g/mol. The fraction of sp³-hybridized carbons (Fsp3) is 0.0159. The number of benzene rings is 11. The van der Waals surface area contributed by atoms with E-state index in [9.17, 15) is 0 Å². The van der Waals surface area contributed by atoms with Crippen LogP contribution in [-0.2, 0) is 5.41 Å². The van der Waals surface area contributed by atoms with Crippen molar-refractivity contribution in [1.82, 2.24) is 4.57 Å². The molecule has 0 radical (unpaired) electrons. The smallest absolute Gasteiger partial charge is 0.0714 e. The SMILES string of the molecule is c1ccc(C2(c3ccccc3)c3ccccc3-c3ccc(N(c4ccc(-c5ccc(-n6c7ccccc7c7ccccc76)cc5)cc4)c4cc5ccccc5c5ccccc45)cc32)cc1. The summed E-state index contributed by atoms with van der Waals surface area (Å²) in [6, 6.07) is 93.9. The fourth-order valence-electron chi connectivity index (χ4n) is 11.0. The molecule has 1 aliphatic rings. The molecule has 0 N–H and O–H groups in total. The van der Waals surface area contributed by atoms with Crippen molar-refractivity contribution >= 4 is 60.4 Å². The second-order valence-electron chi connectivity index (χ2n) is 17.2. The topological polar surface area (TPSA) is 8.17 Å². The van der Waals surface area contributed by atoms with Gasteiger partial charge in [0.2, 0.25) is 0 Å². The third-order valence-corrected chi connectivity index (χ3v) is 13.9. The molecule has 0 unspecified atom stereocenters. The lowest BCUT2D eigenvalue weighted by atomic mass is 9.67. The molecule has 13 rings (SSSR count). The third kappa shape index (κ3) is 5.67. The van der Waals surface area contributed by atoms with Crippen LogP contribution in [0.3, 0.4) is 0 Å². The van der Waals surface area contributed by atoms with Gasteiger partial charge in [-0.15, -0.1) is 0 Å². The van der Waals surface area contributed by atoms with E-state index in [1.54, 1.807) is 0 Å². The average Bonchev–Trinajstić information content (AvgIpc) is 3.88. The van der Waals surface area contributed by atoms with Gasteiger partial charge in [0.1, 0.15) is 0 Å². The van der Waals surface area contributed by atoms with Gasteiger partial charge in [0, 0.05) is 33.2 Å². The zero-order valence-electron chi connectivity index (χ0n) is 35.6. The van der Waals surface area contributed by atoms with E-state index in [4.69, 9.17) is 0 Å². The Labute approximate surface area is 378 Å². The zero-order chi connectivity index (χ0) is 42.9. The number of nitrogens with zero attached hydrogens (tertiary/aromatic N) is 2. The molecule has 0 aliphatic heterocycles. The van der Waals surface area contributed by atoms with Gasteiger partial charge in [-0.25, -0.2) is 0 Å². The number of hydrogen-bond donors (Lipinski definition) is 0. The maximum absolute atomic E-state index is 2.48. The summed E-state index contributed by atoms with van der Waals surface area (Å²) in [6.45, 7) is 0. The van der Waals surface area contributed by atoms with Crippen LogP contribution in [0.2, 0.25) is 0 Å². The van der Waals surface area contributed by atoms with E-state index < -0.39 is 5.41 Å². The van der Waals surface area contributed by atoms with Crippen molar-refractivity contribution in [2.75, 3.05) is 4.90 Å². The minimum absolute atomic E-state index is 0.517. The molecule has 0 saturated carbocycles. The lowest BCUT2D eigenvalue weighted by molar-refractivity contribution is 0.768. The van der Waals surface area contributed by atoms with Crippen molar-refractivity contribution < 1.29 is 0 Å². The fourth-order valence-corrected chi connectivity index (χ4v) is 11.0. The van der Waals surface area contributed by atoms with Gasteiger partial charge in [0.05, 0.1) is 22.1 Å². The van der Waals surface area contributed by atoms with E-state index in [2.05, 4.69) is 264 Å². The van der Waals surface area contributed by atoms with Crippen molar-refractivity contribution in [3.63, 3.8) is 0 Å². The molecule has 1 heterocycles. The third-order valence-electron chi connectivity index (χ3n) is 13.9. The first-order valence-corrected chi connectivity index (χ1v) is 22.5. The molecule has 11 aromatic carbocycles. The average molecular weight is 827 g/mol. The van der Waals surface area contributed by atoms with Crippen LogP contribution in [0.15, 0.2) is 255 Å². The molecular weight excluding hydrogens is 785 g/mol. The zero-order valence-corrected chi connectivity index (χ0v) is 35.6. The van der Waals surface area contributed by atoms with Crippen LogP contribution in [-0.4, -0.2) is 4.57 Å². The molecule has 1 aromatic heterocycles. The molecule has 0 saturated heterocycles. The Morgan fingerprint density at radius 2 is 0.815 bits per heavy atom. The number of aromatic nitrogens is 1. The van der Waals surface area contributed by atoms with E-state index in [1.165, 1.54) is 87.9 Å². The normalized spacial score (nSPS) is 12.7. The summed E-state index contributed by atoms with van der Waals surface area (Å²) in [6.07, 6.45) is 0. The Morgan fingerprint density at radius 1 is 0.323 bits per heavy atom. The van der Waals surface area contributed by atoms with E-state index in [0.29, 0.717) is 0 Å². The van der Waals surface area contributed by atoms with Crippen LogP contribution >= 0.6 is 0 Å². The van der Waals surface area contributed by atoms with Crippen molar-refractivity contribution in [1.29, 1.82) is 0 Å². The van der Waals surface area contributed by atoms with Crippen LogP contribution in [0.25, 0.3) is 71.3 Å². The first-order valence-electron chi connectivity index (χ1n) is 22.5. The number of anilines is 3. The summed E-state index contributed by atoms with van der Waals surface area (Å²) in [5.74, 6) is 0. The Balaban J connectivity index is 0.989. The second kappa shape index (κ2) is 14.8. The molecule has 0 bridgehead atoms. The molecule has 1 aliphatic carbocycles. The summed E-state index contributed by atoms with van der Waals surface area (Å²) in [4.78, 5) is 2.48. The lowest BCUT2D eigenvalue weighted by Crippen LogP contribution is -2.28. The quantitative estimate of drug-likeness (QED) is 0.145. The molecule has 0 fully saturated rings. The van der Waals surface area contributed by atoms with E-state index in [-0.39, 0.29) is 0 Å². The molecule has 304 valence electrons. The predicted molar refractivity (Wildman–Crippen MR) is 273 cm³/mol. The van der Waals surface area contributed by atoms with E-state index >= 15 is 0 Å². The van der Waals surface area contributed by atoms with Gasteiger partial charge in [-0.1, -0.05) is 200 Å². The minimum atomic E-state index is -0.517. The van der Waals surface area contributed by atoms with Gasteiger partial charge in [0.15, 0.2) is 0 Å². The molecule has 65 heavy (non-hydrogen) atoms. The number of para-hydroxylation sites is 2. The van der Waals surface area contributed by atoms with Crippen molar-refractivity contribution in [3.05, 3.63) is 277 Å². The highest BCUT2D eigenvalue weighted by Gasteiger charge is 2.46. The first-order chi connectivity index (χ1) is 32.3. The molecule has 0 spiro atoms. The Kier molecular flexibility index (Phi) is 8.47. The summed E-state index contributed by atoms with van der Waals surface area (Å²) in [5.41, 5.74) is 16.4. The van der Waals surface area contributed by atoms with Gasteiger partial charge in [-0.05, 0) is 115 Å². The maximum atomic E-state index is 2.48. The summed E-state index contributed by atoms with van der Waals surface area (Å²) in [5, 5.41) is 7.44. The van der Waals surface area contributed by atoms with Gasteiger partial charge < -0.3 is 9.47 Å². The first kappa shape index (κ1) is 37.1. The Bertz CT molecular complexity index is 3660. The second-order valence-corrected chi connectivity index (χ2v) is 17.2. The van der Waals surface area contributed by atoms with Gasteiger partial charge in [-0.2, -0.15) is 0 Å². The predicted octanol–water partition coefficient (Wildman–Crippen LogP) is 16.6. The lowest BCUT2D eigenvalue weighted by Gasteiger charge is -2.35. The Morgan fingerprint density at radius 3 is 1.48 bits per heavy atom. The Hall–Kier alpha value is -8.46. The number of rotatable bonds is 7. The van der Waals surface area contributed by atoms with Crippen molar-refractivity contribution in [3.8, 4) is 27.9 Å². The number of fused-ring (bicyclic) bond motifs is 9. The maximum Gasteiger partial charge on any atom is 0.0714 e. The van der Waals surface area contributed by atoms with Crippen LogP contribution in [0.4, 0.5) is 17.1 Å². The molecule has 12 aromatic rings. The summed E-state index contributed by atoms with van der Waals surface area (Å²) in [7, 11) is 0. The summed E-state index contributed by atoms with van der Waals surface area (Å²) < 4.78 is 2.38. The molecular formula is C63H42N2. The number of hydrogen-bond acceptors (Lipinski definition) is 1. The molecule has 0 atom stereocenters. The molecule has 0 amide bonds. The highest BCUT2D eigenvalue weighted by Crippen LogP contribution is 2.57. The molecule has 2 heteroatoms. The van der Waals surface area contributed by atoms with Crippen LogP contribution in [0, 0.1) is 0 Å². The van der Waals surface area contributed by atoms with Crippen LogP contribution < -0.4 is 4.90 Å². The van der Waals surface area contributed by atoms with Gasteiger partial charge >= 0.3 is 0 Å². The van der Waals surface area contributed by atoms with Crippen LogP contribution in [0.1, 0.15) is 22.3 Å². The highest BCUT2D eigenvalue weighted by molar-refractivity contribution is 6.15. The van der Waals surface area contributed by atoms with E-state index in [0.717, 1.165) is 22.7 Å². The van der Waals surface area contributed by atoms with Gasteiger partial charge in [-0.3, -0.25) is 0 Å². The van der Waals surface area contributed by atoms with Gasteiger partial charge in [0.25, 0.3) is 0 Å². The van der Waals surface area contributed by atoms with E-state index in [1.807, 2.05) is 0 Å². The van der Waals surface area contributed by atoms with Crippen molar-refractivity contribution in [2.45, 2.75) is 5.41 Å².